The van der Waals surface area contributed by atoms with Crippen molar-refractivity contribution >= 4 is 56.5 Å². The number of nitrogens with one attached hydrogen (secondary N) is 1. The van der Waals surface area contributed by atoms with Gasteiger partial charge >= 0.3 is 0 Å². The van der Waals surface area contributed by atoms with Crippen molar-refractivity contribution in [2.24, 2.45) is 4.99 Å². The molecule has 3 aromatic carbocycles. The number of benzene rings is 3. The standard InChI is InChI=1S/C26H27Cl2N3O4S/c1-18(2)35-25-6-4-3-5-19(25)17-29-21-8-10-24(31-11-13-34-14-12-31)26(16-21)36(32,33)30-23-15-20(27)7-9-22(23)28/h3-10,15-18,30H,11-14H2,1-2H3. The second-order valence-electron chi connectivity index (χ2n) is 8.44. The van der Waals surface area contributed by atoms with Crippen LogP contribution >= 0.6 is 23.2 Å². The number of sulfonamides is 1. The molecule has 1 N–H and O–H groups in total. The zero-order valence-corrected chi connectivity index (χ0v) is 22.3. The van der Waals surface area contributed by atoms with Gasteiger partial charge in [-0.2, -0.15) is 0 Å². The third-order valence-corrected chi connectivity index (χ3v) is 7.35. The Bertz CT molecular complexity index is 1360. The van der Waals surface area contributed by atoms with E-state index in [4.69, 9.17) is 32.7 Å². The first-order valence-corrected chi connectivity index (χ1v) is 13.7. The second-order valence-corrected chi connectivity index (χ2v) is 10.9. The Balaban J connectivity index is 1.72. The molecule has 36 heavy (non-hydrogen) atoms. The van der Waals surface area contributed by atoms with Gasteiger partial charge in [0.25, 0.3) is 10.0 Å². The first kappa shape index (κ1) is 26.3. The van der Waals surface area contributed by atoms with Gasteiger partial charge in [-0.1, -0.05) is 35.3 Å². The minimum atomic E-state index is -4.04. The van der Waals surface area contributed by atoms with Crippen LogP contribution in [0.5, 0.6) is 5.75 Å². The molecule has 0 atom stereocenters. The summed E-state index contributed by atoms with van der Waals surface area (Å²) in [5, 5.41) is 0.609. The lowest BCUT2D eigenvalue weighted by atomic mass is 10.2. The molecule has 1 aliphatic rings. The summed E-state index contributed by atoms with van der Waals surface area (Å²) in [6, 6.07) is 17.3. The molecule has 0 spiro atoms. The minimum Gasteiger partial charge on any atom is -0.490 e. The van der Waals surface area contributed by atoms with E-state index in [1.54, 1.807) is 36.5 Å². The van der Waals surface area contributed by atoms with E-state index in [-0.39, 0.29) is 21.7 Å². The van der Waals surface area contributed by atoms with Gasteiger partial charge in [-0.15, -0.1) is 0 Å². The fourth-order valence-corrected chi connectivity index (χ4v) is 5.44. The van der Waals surface area contributed by atoms with Crippen LogP contribution in [0.2, 0.25) is 10.0 Å². The summed E-state index contributed by atoms with van der Waals surface area (Å²) in [4.78, 5) is 6.62. The van der Waals surface area contributed by atoms with Crippen molar-refractivity contribution in [1.29, 1.82) is 0 Å². The van der Waals surface area contributed by atoms with Crippen LogP contribution < -0.4 is 14.4 Å². The molecule has 4 rings (SSSR count). The van der Waals surface area contributed by atoms with E-state index in [9.17, 15) is 8.42 Å². The number of nitrogens with zero attached hydrogens (tertiary/aromatic N) is 2. The number of para-hydroxylation sites is 1. The van der Waals surface area contributed by atoms with Crippen molar-refractivity contribution in [3.05, 3.63) is 76.3 Å². The predicted octanol–water partition coefficient (Wildman–Crippen LogP) is 6.17. The molecule has 190 valence electrons. The number of anilines is 2. The van der Waals surface area contributed by atoms with Gasteiger partial charge in [0.2, 0.25) is 0 Å². The average Bonchev–Trinajstić information content (AvgIpc) is 2.85. The Labute approximate surface area is 221 Å². The van der Waals surface area contributed by atoms with Crippen LogP contribution in [0.15, 0.2) is 70.6 Å². The van der Waals surface area contributed by atoms with Crippen LogP contribution in [0.25, 0.3) is 0 Å². The number of rotatable bonds is 8. The summed E-state index contributed by atoms with van der Waals surface area (Å²) in [5.41, 5.74) is 2.03. The van der Waals surface area contributed by atoms with Gasteiger partial charge in [-0.3, -0.25) is 9.71 Å². The van der Waals surface area contributed by atoms with Crippen LogP contribution in [0.1, 0.15) is 19.4 Å². The van der Waals surface area contributed by atoms with Gasteiger partial charge in [0.15, 0.2) is 0 Å². The highest BCUT2D eigenvalue weighted by Crippen LogP contribution is 2.34. The molecule has 1 heterocycles. The predicted molar refractivity (Wildman–Crippen MR) is 146 cm³/mol. The molecule has 0 saturated carbocycles. The van der Waals surface area contributed by atoms with E-state index in [2.05, 4.69) is 9.71 Å². The highest BCUT2D eigenvalue weighted by atomic mass is 35.5. The van der Waals surface area contributed by atoms with Crippen molar-refractivity contribution in [2.75, 3.05) is 35.9 Å². The maximum Gasteiger partial charge on any atom is 0.264 e. The van der Waals surface area contributed by atoms with Crippen LogP contribution in [0, 0.1) is 0 Å². The van der Waals surface area contributed by atoms with E-state index in [1.165, 1.54) is 6.07 Å². The second kappa shape index (κ2) is 11.5. The first-order valence-electron chi connectivity index (χ1n) is 11.5. The molecule has 0 bridgehead atoms. The van der Waals surface area contributed by atoms with Gasteiger partial charge in [-0.05, 0) is 62.4 Å². The van der Waals surface area contributed by atoms with Crippen LogP contribution in [-0.2, 0) is 14.8 Å². The van der Waals surface area contributed by atoms with Crippen molar-refractivity contribution in [3.8, 4) is 5.75 Å². The largest absolute Gasteiger partial charge is 0.490 e. The van der Waals surface area contributed by atoms with Gasteiger partial charge < -0.3 is 14.4 Å². The van der Waals surface area contributed by atoms with Gasteiger partial charge in [0.1, 0.15) is 10.6 Å². The highest BCUT2D eigenvalue weighted by Gasteiger charge is 2.25. The van der Waals surface area contributed by atoms with Crippen molar-refractivity contribution < 1.29 is 17.9 Å². The Morgan fingerprint density at radius 2 is 1.81 bits per heavy atom. The average molecular weight is 548 g/mol. The van der Waals surface area contributed by atoms with E-state index in [1.807, 2.05) is 43.0 Å². The lowest BCUT2D eigenvalue weighted by molar-refractivity contribution is 0.122. The number of halogens is 2. The summed E-state index contributed by atoms with van der Waals surface area (Å²) >= 11 is 12.3. The van der Waals surface area contributed by atoms with E-state index in [0.29, 0.717) is 48.5 Å². The van der Waals surface area contributed by atoms with Crippen molar-refractivity contribution in [3.63, 3.8) is 0 Å². The Kier molecular flexibility index (Phi) is 8.41. The number of ether oxygens (including phenoxy) is 2. The zero-order valence-electron chi connectivity index (χ0n) is 19.9. The smallest absolute Gasteiger partial charge is 0.264 e. The summed E-state index contributed by atoms with van der Waals surface area (Å²) in [6.45, 7) is 6.08. The topological polar surface area (TPSA) is 80.2 Å². The summed E-state index contributed by atoms with van der Waals surface area (Å²) in [5.74, 6) is 0.700. The number of aliphatic imine (C=N–C) groups is 1. The van der Waals surface area contributed by atoms with E-state index in [0.717, 1.165) is 5.56 Å². The maximum atomic E-state index is 13.6. The highest BCUT2D eigenvalue weighted by molar-refractivity contribution is 7.93. The number of hydrogen-bond donors (Lipinski definition) is 1. The molecule has 0 unspecified atom stereocenters. The Hall–Kier alpha value is -2.78. The fourth-order valence-electron chi connectivity index (χ4n) is 3.73. The normalized spacial score (nSPS) is 14.4. The SMILES string of the molecule is CC(C)Oc1ccccc1C=Nc1ccc(N2CCOCC2)c(S(=O)(=O)Nc2cc(Cl)ccc2Cl)c1. The van der Waals surface area contributed by atoms with E-state index < -0.39 is 10.0 Å². The molecule has 1 aliphatic heterocycles. The first-order chi connectivity index (χ1) is 17.2. The molecule has 0 radical (unpaired) electrons. The Morgan fingerprint density at radius 1 is 1.06 bits per heavy atom. The lowest BCUT2D eigenvalue weighted by Gasteiger charge is -2.30. The fraction of sp³-hybridized carbons (Fsp3) is 0.269. The quantitative estimate of drug-likeness (QED) is 0.341. The van der Waals surface area contributed by atoms with Crippen LogP contribution in [0.3, 0.4) is 0 Å². The minimum absolute atomic E-state index is 0.00786. The molecule has 3 aromatic rings. The summed E-state index contributed by atoms with van der Waals surface area (Å²) in [7, 11) is -4.04. The third-order valence-electron chi connectivity index (χ3n) is 5.39. The van der Waals surface area contributed by atoms with Crippen LogP contribution in [0.4, 0.5) is 17.1 Å². The molecule has 10 heteroatoms. The molecule has 1 fully saturated rings. The third kappa shape index (κ3) is 6.50. The van der Waals surface area contributed by atoms with E-state index >= 15 is 0 Å². The van der Waals surface area contributed by atoms with Crippen LogP contribution in [-0.4, -0.2) is 47.0 Å². The van der Waals surface area contributed by atoms with Crippen molar-refractivity contribution in [2.45, 2.75) is 24.8 Å². The maximum absolute atomic E-state index is 13.6. The molecule has 0 aromatic heterocycles. The zero-order chi connectivity index (χ0) is 25.7. The van der Waals surface area contributed by atoms with Gasteiger partial charge in [-0.25, -0.2) is 8.42 Å². The molecule has 1 saturated heterocycles. The number of hydrogen-bond acceptors (Lipinski definition) is 6. The Morgan fingerprint density at radius 3 is 2.56 bits per heavy atom. The summed E-state index contributed by atoms with van der Waals surface area (Å²) < 4.78 is 41.1. The number of morpholine rings is 1. The molecular weight excluding hydrogens is 521 g/mol. The van der Waals surface area contributed by atoms with Gasteiger partial charge in [0.05, 0.1) is 41.4 Å². The van der Waals surface area contributed by atoms with Crippen molar-refractivity contribution in [1.82, 2.24) is 0 Å². The lowest BCUT2D eigenvalue weighted by Crippen LogP contribution is -2.37. The molecule has 0 amide bonds. The van der Waals surface area contributed by atoms with Gasteiger partial charge in [0, 0.05) is 29.9 Å². The monoisotopic (exact) mass is 547 g/mol. The molecule has 0 aliphatic carbocycles. The summed E-state index contributed by atoms with van der Waals surface area (Å²) in [6.07, 6.45) is 1.67. The molecular formula is C26H27Cl2N3O4S. The molecule has 7 nitrogen and oxygen atoms in total.